The van der Waals surface area contributed by atoms with Gasteiger partial charge in [0, 0.05) is 29.1 Å². The fourth-order valence-corrected chi connectivity index (χ4v) is 9.83. The summed E-state index contributed by atoms with van der Waals surface area (Å²) < 4.78 is 5.35. The number of allylic oxidation sites excluding steroid dienone is 2. The van der Waals surface area contributed by atoms with Gasteiger partial charge in [-0.2, -0.15) is 0 Å². The van der Waals surface area contributed by atoms with E-state index in [2.05, 4.69) is 67.7 Å². The van der Waals surface area contributed by atoms with Gasteiger partial charge < -0.3 is 25.2 Å². The summed E-state index contributed by atoms with van der Waals surface area (Å²) in [5, 5.41) is 29.6. The van der Waals surface area contributed by atoms with Gasteiger partial charge in [-0.05, 0) is 128 Å². The zero-order valence-corrected chi connectivity index (χ0v) is 32.9. The van der Waals surface area contributed by atoms with Gasteiger partial charge in [-0.3, -0.25) is 4.79 Å². The average molecular weight is 743 g/mol. The van der Waals surface area contributed by atoms with Crippen LogP contribution in [-0.2, 0) is 13.0 Å². The van der Waals surface area contributed by atoms with Crippen molar-refractivity contribution in [3.05, 3.63) is 119 Å². The van der Waals surface area contributed by atoms with Crippen LogP contribution in [-0.4, -0.2) is 52.3 Å². The molecule has 55 heavy (non-hydrogen) atoms. The molecule has 0 aromatic heterocycles. The minimum atomic E-state index is -1.25. The van der Waals surface area contributed by atoms with Crippen LogP contribution >= 0.6 is 0 Å². The molecule has 8 rings (SSSR count). The Kier molecular flexibility index (Phi) is 11.8. The highest BCUT2D eigenvalue weighted by molar-refractivity contribution is 5.99. The number of methoxy groups -OCH3 is 1. The minimum absolute atomic E-state index is 0.00141. The lowest BCUT2D eigenvalue weighted by Crippen LogP contribution is -2.54. The number of fused-ring (bicyclic) bond motifs is 9. The van der Waals surface area contributed by atoms with E-state index < -0.39 is 17.1 Å². The molecular formula is C48H58N2O5. The van der Waals surface area contributed by atoms with E-state index in [9.17, 15) is 19.8 Å². The second kappa shape index (κ2) is 16.7. The Labute approximate surface area is 326 Å². The summed E-state index contributed by atoms with van der Waals surface area (Å²) in [5.41, 5.74) is 3.74. The molecule has 4 aliphatic carbocycles. The number of carbonyl (C=O) groups is 2. The van der Waals surface area contributed by atoms with Crippen LogP contribution in [0.2, 0.25) is 0 Å². The largest absolute Gasteiger partial charge is 0.497 e. The Hall–Kier alpha value is -4.46. The number of nitrogens with one attached hydrogen (secondary N) is 1. The van der Waals surface area contributed by atoms with Crippen LogP contribution < -0.4 is 10.1 Å². The van der Waals surface area contributed by atoms with Crippen LogP contribution in [0.15, 0.2) is 96.6 Å². The maximum Gasteiger partial charge on any atom is 0.322 e. The van der Waals surface area contributed by atoms with Gasteiger partial charge in [0.1, 0.15) is 5.75 Å². The summed E-state index contributed by atoms with van der Waals surface area (Å²) in [5.74, 6) is 0.817. The van der Waals surface area contributed by atoms with Gasteiger partial charge in [-0.15, -0.1) is 0 Å². The van der Waals surface area contributed by atoms with Gasteiger partial charge in [-0.1, -0.05) is 92.4 Å². The van der Waals surface area contributed by atoms with E-state index >= 15 is 0 Å². The number of amides is 2. The number of carbonyl (C=O) groups excluding carboxylic acids is 2. The van der Waals surface area contributed by atoms with Gasteiger partial charge in [0.15, 0.2) is 5.78 Å². The molecule has 0 unspecified atom stereocenters. The number of anilines is 1. The third-order valence-corrected chi connectivity index (χ3v) is 13.2. The average Bonchev–Trinajstić information content (AvgIpc) is 3.45. The van der Waals surface area contributed by atoms with E-state index in [4.69, 9.17) is 4.74 Å². The van der Waals surface area contributed by atoms with Crippen LogP contribution in [0.1, 0.15) is 117 Å². The maximum atomic E-state index is 14.5. The van der Waals surface area contributed by atoms with Crippen molar-refractivity contribution in [3.63, 3.8) is 0 Å². The van der Waals surface area contributed by atoms with E-state index in [1.165, 1.54) is 12.0 Å². The predicted octanol–water partition coefficient (Wildman–Crippen LogP) is 10.4. The lowest BCUT2D eigenvalue weighted by Gasteiger charge is -2.46. The number of hydrogen-bond acceptors (Lipinski definition) is 5. The maximum absolute atomic E-state index is 14.5. The number of Topliss-reactive ketones (excluding diaryl/α,β-unsaturated/α-hetero) is 1. The van der Waals surface area contributed by atoms with E-state index in [1.807, 2.05) is 42.5 Å². The first-order valence-corrected chi connectivity index (χ1v) is 20.5. The van der Waals surface area contributed by atoms with E-state index in [-0.39, 0.29) is 30.2 Å². The van der Waals surface area contributed by atoms with Crippen LogP contribution in [0.5, 0.6) is 5.75 Å². The smallest absolute Gasteiger partial charge is 0.322 e. The van der Waals surface area contributed by atoms with E-state index in [0.717, 1.165) is 71.6 Å². The molecule has 2 fully saturated rings. The summed E-state index contributed by atoms with van der Waals surface area (Å²) >= 11 is 0. The van der Waals surface area contributed by atoms with Gasteiger partial charge >= 0.3 is 6.03 Å². The first-order chi connectivity index (χ1) is 26.6. The molecule has 290 valence electrons. The Bertz CT molecular complexity index is 2010. The number of ketones is 1. The molecule has 2 amide bonds. The Morgan fingerprint density at radius 3 is 2.45 bits per heavy atom. The standard InChI is InChI=1S/C48H58N2O5/c1-33-11-10-27-47(2)44(42-25-19-34(29-39(51)22-18-33)30-43(42)45(52)36-13-5-4-6-14-36)26-28-48(47,54)32-50(46(53)49-38-20-23-40(55-3)24-21-38)31-37-16-9-15-35-12-7-8-17-41(35)37/h7-9,11-12,15-17,19-21,23-25,30,36,39,44,51,54H,4-6,10,13-14,18,22,26-29,31-32H2,1-3H3,(H,49,53)/t39-,44-,47-,48+/m0/s1. The lowest BCUT2D eigenvalue weighted by atomic mass is 9.64. The highest BCUT2D eigenvalue weighted by atomic mass is 16.5. The third kappa shape index (κ3) is 8.39. The van der Waals surface area contributed by atoms with Gasteiger partial charge in [0.25, 0.3) is 0 Å². The molecule has 0 heterocycles. The number of urea groups is 1. The highest BCUT2D eigenvalue weighted by Crippen LogP contribution is 2.59. The topological polar surface area (TPSA) is 99.1 Å². The Morgan fingerprint density at radius 2 is 1.67 bits per heavy atom. The molecule has 2 saturated carbocycles. The molecule has 4 aliphatic rings. The van der Waals surface area contributed by atoms with Crippen molar-refractivity contribution in [2.45, 2.75) is 115 Å². The fraction of sp³-hybridized carbons (Fsp3) is 0.458. The number of rotatable bonds is 8. The monoisotopic (exact) mass is 742 g/mol. The molecule has 0 saturated heterocycles. The number of aliphatic hydroxyl groups excluding tert-OH is 1. The van der Waals surface area contributed by atoms with Crippen molar-refractivity contribution in [1.82, 2.24) is 4.90 Å². The number of hydrogen-bond donors (Lipinski definition) is 3. The van der Waals surface area contributed by atoms with Crippen molar-refractivity contribution in [2.24, 2.45) is 11.3 Å². The SMILES string of the molecule is COc1ccc(NC(=O)N(Cc2cccc3ccccc23)C[C@]2(O)CC[C@H]3c4ccc(cc4C(=O)C4CCCCC4)C[C@@H](O)CCC(C)=CCC[C@@]32C)cc1. The van der Waals surface area contributed by atoms with Crippen molar-refractivity contribution in [2.75, 3.05) is 19.0 Å². The molecule has 3 N–H and O–H groups in total. The molecule has 7 heteroatoms. The van der Waals surface area contributed by atoms with Crippen LogP contribution in [0.4, 0.5) is 10.5 Å². The number of benzene rings is 4. The molecule has 4 aromatic rings. The third-order valence-electron chi connectivity index (χ3n) is 13.2. The Morgan fingerprint density at radius 1 is 0.909 bits per heavy atom. The number of nitrogens with zero attached hydrogens (tertiary/aromatic N) is 1. The quantitative estimate of drug-likeness (QED) is 0.123. The summed E-state index contributed by atoms with van der Waals surface area (Å²) in [6.07, 6.45) is 11.5. The molecule has 0 spiro atoms. The summed E-state index contributed by atoms with van der Waals surface area (Å²) in [7, 11) is 1.62. The first-order valence-electron chi connectivity index (χ1n) is 20.5. The van der Waals surface area contributed by atoms with Crippen LogP contribution in [0.25, 0.3) is 10.8 Å². The van der Waals surface area contributed by atoms with E-state index in [1.54, 1.807) is 12.0 Å². The zero-order valence-electron chi connectivity index (χ0n) is 32.9. The molecule has 0 radical (unpaired) electrons. The van der Waals surface area contributed by atoms with Crippen LogP contribution in [0.3, 0.4) is 0 Å². The second-order valence-electron chi connectivity index (χ2n) is 16.8. The number of aliphatic hydroxyl groups is 2. The fourth-order valence-electron chi connectivity index (χ4n) is 9.83. The second-order valence-corrected chi connectivity index (χ2v) is 16.8. The summed E-state index contributed by atoms with van der Waals surface area (Å²) in [6, 6.07) is 27.7. The van der Waals surface area contributed by atoms with Gasteiger partial charge in [0.2, 0.25) is 0 Å². The minimum Gasteiger partial charge on any atom is -0.497 e. The van der Waals surface area contributed by atoms with Gasteiger partial charge in [0.05, 0.1) is 25.4 Å². The molecule has 0 aliphatic heterocycles. The van der Waals surface area contributed by atoms with Crippen LogP contribution in [0, 0.1) is 11.3 Å². The van der Waals surface area contributed by atoms with Crippen molar-refractivity contribution >= 4 is 28.3 Å². The first kappa shape index (κ1) is 38.8. The van der Waals surface area contributed by atoms with Crippen molar-refractivity contribution in [3.8, 4) is 5.75 Å². The molecule has 7 nitrogen and oxygen atoms in total. The van der Waals surface area contributed by atoms with Crippen molar-refractivity contribution in [1.29, 1.82) is 0 Å². The summed E-state index contributed by atoms with van der Waals surface area (Å²) in [6.45, 7) is 4.77. The normalized spacial score (nSPS) is 24.8. The molecule has 4 aromatic carbocycles. The van der Waals surface area contributed by atoms with Gasteiger partial charge in [-0.25, -0.2) is 4.79 Å². The molecule has 4 atom stereocenters. The zero-order chi connectivity index (χ0) is 38.6. The Balaban J connectivity index is 1.28. The van der Waals surface area contributed by atoms with Crippen molar-refractivity contribution < 1.29 is 24.5 Å². The predicted molar refractivity (Wildman–Crippen MR) is 221 cm³/mol. The molecule has 2 bridgehead atoms. The summed E-state index contributed by atoms with van der Waals surface area (Å²) in [4.78, 5) is 30.8. The highest BCUT2D eigenvalue weighted by Gasteiger charge is 2.57. The number of ether oxygens (including phenoxy) is 1. The van der Waals surface area contributed by atoms with E-state index in [0.29, 0.717) is 50.1 Å². The lowest BCUT2D eigenvalue weighted by molar-refractivity contribution is -0.0773. The molecular weight excluding hydrogens is 685 g/mol.